The van der Waals surface area contributed by atoms with Crippen molar-refractivity contribution in [3.8, 4) is 11.3 Å². The molecule has 0 bridgehead atoms. The number of nitro groups is 1. The molecule has 0 unspecified atom stereocenters. The molecule has 1 fully saturated rings. The zero-order valence-corrected chi connectivity index (χ0v) is 14.5. The van der Waals surface area contributed by atoms with Crippen LogP contribution < -0.4 is 5.32 Å². The van der Waals surface area contributed by atoms with Crippen molar-refractivity contribution >= 4 is 28.1 Å². The summed E-state index contributed by atoms with van der Waals surface area (Å²) in [7, 11) is 0. The lowest BCUT2D eigenvalue weighted by molar-refractivity contribution is -0.384. The zero-order valence-electron chi connectivity index (χ0n) is 13.7. The Hall–Kier alpha value is -3.06. The number of amides is 1. The molecule has 0 aliphatic heterocycles. The van der Waals surface area contributed by atoms with Gasteiger partial charge in [0, 0.05) is 29.0 Å². The normalized spacial score (nSPS) is 18.3. The predicted molar refractivity (Wildman–Crippen MR) is 100 cm³/mol. The molecule has 26 heavy (non-hydrogen) atoms. The lowest BCUT2D eigenvalue weighted by atomic mass is 10.1. The van der Waals surface area contributed by atoms with Crippen molar-refractivity contribution in [1.29, 1.82) is 0 Å². The van der Waals surface area contributed by atoms with E-state index in [0.29, 0.717) is 10.8 Å². The van der Waals surface area contributed by atoms with Crippen LogP contribution in [0.25, 0.3) is 11.3 Å². The van der Waals surface area contributed by atoms with Gasteiger partial charge in [-0.15, -0.1) is 11.3 Å². The molecule has 6 nitrogen and oxygen atoms in total. The number of benzene rings is 2. The third-order valence-electron chi connectivity index (χ3n) is 4.46. The van der Waals surface area contributed by atoms with E-state index in [-0.39, 0.29) is 23.4 Å². The lowest BCUT2D eigenvalue weighted by Gasteiger charge is -2.01. The molecule has 1 amide bonds. The van der Waals surface area contributed by atoms with Gasteiger partial charge in [0.05, 0.1) is 10.6 Å². The quantitative estimate of drug-likeness (QED) is 0.534. The number of hydrogen-bond donors (Lipinski definition) is 1. The van der Waals surface area contributed by atoms with E-state index in [1.54, 1.807) is 12.1 Å². The van der Waals surface area contributed by atoms with Gasteiger partial charge < -0.3 is 5.32 Å². The summed E-state index contributed by atoms with van der Waals surface area (Å²) < 4.78 is 0. The number of nitrogens with zero attached hydrogens (tertiary/aromatic N) is 2. The van der Waals surface area contributed by atoms with Crippen LogP contribution in [0.4, 0.5) is 10.8 Å². The van der Waals surface area contributed by atoms with Crippen molar-refractivity contribution in [1.82, 2.24) is 4.98 Å². The number of nitro benzene ring substituents is 1. The summed E-state index contributed by atoms with van der Waals surface area (Å²) in [5.74, 6) is 0.262. The fourth-order valence-electron chi connectivity index (χ4n) is 2.97. The molecule has 130 valence electrons. The van der Waals surface area contributed by atoms with Crippen LogP contribution in [-0.4, -0.2) is 15.8 Å². The van der Waals surface area contributed by atoms with E-state index in [9.17, 15) is 14.9 Å². The Labute approximate surface area is 153 Å². The maximum atomic E-state index is 12.4. The number of hydrogen-bond acceptors (Lipinski definition) is 5. The van der Waals surface area contributed by atoms with E-state index in [1.807, 2.05) is 35.7 Å². The van der Waals surface area contributed by atoms with Crippen molar-refractivity contribution in [3.05, 3.63) is 75.7 Å². The van der Waals surface area contributed by atoms with Gasteiger partial charge in [-0.2, -0.15) is 0 Å². The van der Waals surface area contributed by atoms with Crippen molar-refractivity contribution in [2.45, 2.75) is 12.3 Å². The Bertz CT molecular complexity index is 954. The summed E-state index contributed by atoms with van der Waals surface area (Å²) in [6.45, 7) is 0. The van der Waals surface area contributed by atoms with E-state index < -0.39 is 4.92 Å². The molecule has 2 atom stereocenters. The first-order valence-electron chi connectivity index (χ1n) is 8.18. The lowest BCUT2D eigenvalue weighted by Crippen LogP contribution is -2.14. The Morgan fingerprint density at radius 1 is 1.15 bits per heavy atom. The number of anilines is 1. The number of thiazole rings is 1. The second-order valence-corrected chi connectivity index (χ2v) is 7.05. The van der Waals surface area contributed by atoms with Crippen molar-refractivity contribution < 1.29 is 9.72 Å². The predicted octanol–water partition coefficient (Wildman–Crippen LogP) is 4.46. The van der Waals surface area contributed by atoms with Gasteiger partial charge in [-0.1, -0.05) is 30.3 Å². The standard InChI is InChI=1S/C19H15N3O3S/c23-18(16-10-15(16)12-4-2-1-3-5-12)21-19-20-17(11-26-19)13-6-8-14(9-7-13)22(24)25/h1-9,11,15-16H,10H2,(H,20,21,23)/t15-,16+/m0/s1. The number of carbonyl (C=O) groups excluding carboxylic acids is 1. The zero-order chi connectivity index (χ0) is 18.1. The van der Waals surface area contributed by atoms with Gasteiger partial charge in [-0.25, -0.2) is 4.98 Å². The van der Waals surface area contributed by atoms with Gasteiger partial charge in [0.1, 0.15) is 0 Å². The van der Waals surface area contributed by atoms with Crippen molar-refractivity contribution in [2.75, 3.05) is 5.32 Å². The summed E-state index contributed by atoms with van der Waals surface area (Å²) in [6, 6.07) is 16.2. The number of aromatic nitrogens is 1. The van der Waals surface area contributed by atoms with Crippen LogP contribution in [0.3, 0.4) is 0 Å². The number of carbonyl (C=O) groups is 1. The van der Waals surface area contributed by atoms with E-state index in [0.717, 1.165) is 12.0 Å². The maximum Gasteiger partial charge on any atom is 0.269 e. The Balaban J connectivity index is 1.41. The summed E-state index contributed by atoms with van der Waals surface area (Å²) >= 11 is 1.35. The second kappa shape index (κ2) is 6.68. The molecular formula is C19H15N3O3S. The molecule has 0 saturated heterocycles. The van der Waals surface area contributed by atoms with Crippen molar-refractivity contribution in [2.24, 2.45) is 5.92 Å². The average molecular weight is 365 g/mol. The van der Waals surface area contributed by atoms with E-state index in [2.05, 4.69) is 10.3 Å². The van der Waals surface area contributed by atoms with Crippen LogP contribution in [0.1, 0.15) is 17.9 Å². The average Bonchev–Trinajstić information content (AvgIpc) is 3.35. The van der Waals surface area contributed by atoms with Crippen LogP contribution >= 0.6 is 11.3 Å². The highest BCUT2D eigenvalue weighted by Crippen LogP contribution is 2.48. The molecular weight excluding hydrogens is 350 g/mol. The molecule has 1 aliphatic rings. The monoisotopic (exact) mass is 365 g/mol. The van der Waals surface area contributed by atoms with Crippen LogP contribution in [0.5, 0.6) is 0 Å². The highest BCUT2D eigenvalue weighted by molar-refractivity contribution is 7.14. The Kier molecular flexibility index (Phi) is 4.22. The number of non-ortho nitro benzene ring substituents is 1. The molecule has 0 spiro atoms. The molecule has 1 aromatic heterocycles. The number of rotatable bonds is 5. The molecule has 0 radical (unpaired) electrons. The first-order chi connectivity index (χ1) is 12.6. The van der Waals surface area contributed by atoms with E-state index in [1.165, 1.54) is 29.0 Å². The SMILES string of the molecule is O=C(Nc1nc(-c2ccc([N+](=O)[O-])cc2)cs1)[C@@H]1C[C@H]1c1ccccc1. The largest absolute Gasteiger partial charge is 0.302 e. The van der Waals surface area contributed by atoms with Gasteiger partial charge >= 0.3 is 0 Å². The molecule has 4 rings (SSSR count). The minimum Gasteiger partial charge on any atom is -0.302 e. The molecule has 7 heteroatoms. The highest BCUT2D eigenvalue weighted by atomic mass is 32.1. The van der Waals surface area contributed by atoms with Crippen LogP contribution in [-0.2, 0) is 4.79 Å². The number of nitrogens with one attached hydrogen (secondary N) is 1. The van der Waals surface area contributed by atoms with Gasteiger partial charge in [-0.05, 0) is 30.0 Å². The highest BCUT2D eigenvalue weighted by Gasteiger charge is 2.44. The molecule has 1 aliphatic carbocycles. The Morgan fingerprint density at radius 3 is 2.58 bits per heavy atom. The second-order valence-electron chi connectivity index (χ2n) is 6.19. The molecule has 1 saturated carbocycles. The summed E-state index contributed by atoms with van der Waals surface area (Å²) in [6.07, 6.45) is 0.858. The maximum absolute atomic E-state index is 12.4. The van der Waals surface area contributed by atoms with E-state index >= 15 is 0 Å². The fourth-order valence-corrected chi connectivity index (χ4v) is 3.69. The third-order valence-corrected chi connectivity index (χ3v) is 5.22. The van der Waals surface area contributed by atoms with Crippen LogP contribution in [0.15, 0.2) is 60.0 Å². The molecule has 1 heterocycles. The van der Waals surface area contributed by atoms with Gasteiger partial charge in [0.2, 0.25) is 5.91 Å². The molecule has 3 aromatic rings. The summed E-state index contributed by atoms with van der Waals surface area (Å²) in [4.78, 5) is 27.1. The summed E-state index contributed by atoms with van der Waals surface area (Å²) in [5.41, 5.74) is 2.70. The van der Waals surface area contributed by atoms with E-state index in [4.69, 9.17) is 0 Å². The van der Waals surface area contributed by atoms with Crippen LogP contribution in [0, 0.1) is 16.0 Å². The molecule has 1 N–H and O–H groups in total. The topological polar surface area (TPSA) is 85.1 Å². The smallest absolute Gasteiger partial charge is 0.269 e. The van der Waals surface area contributed by atoms with Gasteiger partial charge in [0.25, 0.3) is 5.69 Å². The minimum atomic E-state index is -0.435. The first kappa shape index (κ1) is 16.4. The van der Waals surface area contributed by atoms with Crippen molar-refractivity contribution in [3.63, 3.8) is 0 Å². The fraction of sp³-hybridized carbons (Fsp3) is 0.158. The molecule has 2 aromatic carbocycles. The van der Waals surface area contributed by atoms with Gasteiger partial charge in [0.15, 0.2) is 5.13 Å². The summed E-state index contributed by atoms with van der Waals surface area (Å²) in [5, 5.41) is 16.0. The third kappa shape index (κ3) is 3.34. The van der Waals surface area contributed by atoms with Crippen LogP contribution in [0.2, 0.25) is 0 Å². The van der Waals surface area contributed by atoms with Gasteiger partial charge in [-0.3, -0.25) is 14.9 Å². The minimum absolute atomic E-state index is 0.0101. The first-order valence-corrected chi connectivity index (χ1v) is 9.06. The Morgan fingerprint density at radius 2 is 1.88 bits per heavy atom.